The highest BCUT2D eigenvalue weighted by Crippen LogP contribution is 2.42. The number of carbonyl (C=O) groups excluding carboxylic acids is 1. The molecule has 0 radical (unpaired) electrons. The molecule has 0 bridgehead atoms. The van der Waals surface area contributed by atoms with Crippen molar-refractivity contribution in [2.45, 2.75) is 57.3 Å². The van der Waals surface area contributed by atoms with E-state index in [0.717, 1.165) is 6.42 Å². The molecule has 4 nitrogen and oxygen atoms in total. The fraction of sp³-hybridized carbons (Fsp3) is 0.667. The second kappa shape index (κ2) is 5.53. The van der Waals surface area contributed by atoms with Crippen LogP contribution in [0.15, 0.2) is 6.20 Å². The van der Waals surface area contributed by atoms with Crippen molar-refractivity contribution in [2.24, 2.45) is 5.41 Å². The average Bonchev–Trinajstić information content (AvgIpc) is 2.88. The molecule has 2 fully saturated rings. The minimum Gasteiger partial charge on any atom is -0.301 e. The van der Waals surface area contributed by atoms with Gasteiger partial charge in [-0.1, -0.05) is 19.3 Å². The molecule has 20 heavy (non-hydrogen) atoms. The Balaban J connectivity index is 1.65. The number of anilines is 1. The number of thiazole rings is 1. The van der Waals surface area contributed by atoms with Gasteiger partial charge in [-0.15, -0.1) is 11.3 Å². The smallest absolute Gasteiger partial charge is 0.246 e. The van der Waals surface area contributed by atoms with Gasteiger partial charge in [0.05, 0.1) is 6.07 Å². The first kappa shape index (κ1) is 13.6. The molecule has 1 aromatic heterocycles. The van der Waals surface area contributed by atoms with Crippen molar-refractivity contribution in [3.8, 4) is 6.07 Å². The largest absolute Gasteiger partial charge is 0.301 e. The summed E-state index contributed by atoms with van der Waals surface area (Å²) in [6, 6.07) is 2.17. The number of nitriles is 1. The van der Waals surface area contributed by atoms with E-state index in [2.05, 4.69) is 16.4 Å². The van der Waals surface area contributed by atoms with E-state index in [1.54, 1.807) is 11.3 Å². The quantitative estimate of drug-likeness (QED) is 0.919. The summed E-state index contributed by atoms with van der Waals surface area (Å²) >= 11 is 1.58. The van der Waals surface area contributed by atoms with Crippen LogP contribution >= 0.6 is 11.3 Å². The molecule has 1 heterocycles. The maximum Gasteiger partial charge on any atom is 0.246 e. The number of nitrogens with zero attached hydrogens (tertiary/aromatic N) is 2. The van der Waals surface area contributed by atoms with Gasteiger partial charge in [-0.25, -0.2) is 4.98 Å². The Labute approximate surface area is 123 Å². The van der Waals surface area contributed by atoms with Crippen LogP contribution in [0.5, 0.6) is 0 Å². The minimum atomic E-state index is -0.795. The van der Waals surface area contributed by atoms with E-state index in [9.17, 15) is 4.79 Å². The van der Waals surface area contributed by atoms with Crippen molar-refractivity contribution in [3.05, 3.63) is 11.1 Å². The zero-order valence-electron chi connectivity index (χ0n) is 11.5. The Morgan fingerprint density at radius 2 is 2.10 bits per heavy atom. The monoisotopic (exact) mass is 289 g/mol. The topological polar surface area (TPSA) is 65.8 Å². The average molecular weight is 289 g/mol. The number of hydrogen-bond donors (Lipinski definition) is 1. The third kappa shape index (κ3) is 2.45. The van der Waals surface area contributed by atoms with Gasteiger partial charge in [-0.05, 0) is 38.0 Å². The van der Waals surface area contributed by atoms with E-state index in [-0.39, 0.29) is 5.91 Å². The Kier molecular flexibility index (Phi) is 3.75. The summed E-state index contributed by atoms with van der Waals surface area (Å²) in [5.41, 5.74) is -0.795. The van der Waals surface area contributed by atoms with Gasteiger partial charge in [0.15, 0.2) is 5.13 Å². The molecular formula is C15H19N3OS. The Morgan fingerprint density at radius 3 is 2.70 bits per heavy atom. The standard InChI is InChI=1S/C15H19N3OS/c16-10-15(7-4-8-15)13(19)18-14-17-9-12(20-14)11-5-2-1-3-6-11/h9,11H,1-8H2,(H,17,18,19). The molecule has 0 unspecified atom stereocenters. The number of carbonyl (C=O) groups is 1. The van der Waals surface area contributed by atoms with E-state index in [1.165, 1.54) is 37.0 Å². The number of aromatic nitrogens is 1. The second-order valence-corrected chi connectivity index (χ2v) is 6.97. The SMILES string of the molecule is N#CC1(C(=O)Nc2ncc(C3CCCCC3)s2)CCC1. The Morgan fingerprint density at radius 1 is 1.35 bits per heavy atom. The maximum atomic E-state index is 12.2. The molecule has 2 saturated carbocycles. The van der Waals surface area contributed by atoms with Crippen LogP contribution in [0, 0.1) is 16.7 Å². The second-order valence-electron chi connectivity index (χ2n) is 5.90. The van der Waals surface area contributed by atoms with E-state index in [4.69, 9.17) is 5.26 Å². The maximum absolute atomic E-state index is 12.2. The van der Waals surface area contributed by atoms with Crippen LogP contribution in [0.25, 0.3) is 0 Å². The lowest BCUT2D eigenvalue weighted by Crippen LogP contribution is -2.40. The molecule has 0 atom stereocenters. The predicted octanol–water partition coefficient (Wildman–Crippen LogP) is 3.82. The lowest BCUT2D eigenvalue weighted by Gasteiger charge is -2.32. The molecule has 1 aromatic rings. The van der Waals surface area contributed by atoms with Crippen molar-refractivity contribution in [1.29, 1.82) is 5.26 Å². The van der Waals surface area contributed by atoms with E-state index < -0.39 is 5.41 Å². The molecule has 0 aromatic carbocycles. The summed E-state index contributed by atoms with van der Waals surface area (Å²) in [4.78, 5) is 17.8. The minimum absolute atomic E-state index is 0.171. The highest BCUT2D eigenvalue weighted by atomic mass is 32.1. The van der Waals surface area contributed by atoms with Gasteiger partial charge in [0.1, 0.15) is 5.41 Å². The van der Waals surface area contributed by atoms with Crippen molar-refractivity contribution in [1.82, 2.24) is 4.98 Å². The third-order valence-electron chi connectivity index (χ3n) is 4.61. The van der Waals surface area contributed by atoms with Crippen LogP contribution in [0.4, 0.5) is 5.13 Å². The molecule has 1 N–H and O–H groups in total. The van der Waals surface area contributed by atoms with Gasteiger partial charge in [-0.2, -0.15) is 5.26 Å². The molecule has 2 aliphatic rings. The van der Waals surface area contributed by atoms with Crippen LogP contribution in [0.1, 0.15) is 62.2 Å². The van der Waals surface area contributed by atoms with Crippen LogP contribution in [0.3, 0.4) is 0 Å². The molecule has 2 aliphatic carbocycles. The van der Waals surface area contributed by atoms with Gasteiger partial charge >= 0.3 is 0 Å². The molecule has 106 valence electrons. The van der Waals surface area contributed by atoms with Crippen molar-refractivity contribution >= 4 is 22.4 Å². The fourth-order valence-electron chi connectivity index (χ4n) is 3.06. The highest BCUT2D eigenvalue weighted by molar-refractivity contribution is 7.15. The van der Waals surface area contributed by atoms with Crippen LogP contribution < -0.4 is 5.32 Å². The van der Waals surface area contributed by atoms with E-state index in [1.807, 2.05) is 6.20 Å². The van der Waals surface area contributed by atoms with Gasteiger partial charge in [0, 0.05) is 11.1 Å². The van der Waals surface area contributed by atoms with Gasteiger partial charge < -0.3 is 5.32 Å². The summed E-state index contributed by atoms with van der Waals surface area (Å²) in [6.45, 7) is 0. The van der Waals surface area contributed by atoms with Gasteiger partial charge in [-0.3, -0.25) is 4.79 Å². The molecule has 3 rings (SSSR count). The normalized spacial score (nSPS) is 21.8. The first-order valence-corrected chi connectivity index (χ1v) is 8.24. The van der Waals surface area contributed by atoms with E-state index >= 15 is 0 Å². The molecule has 0 aliphatic heterocycles. The fourth-order valence-corrected chi connectivity index (χ4v) is 4.04. The highest BCUT2D eigenvalue weighted by Gasteiger charge is 2.44. The Bertz CT molecular complexity index is 536. The zero-order chi connectivity index (χ0) is 14.0. The van der Waals surface area contributed by atoms with Crippen molar-refractivity contribution in [2.75, 3.05) is 5.32 Å². The van der Waals surface area contributed by atoms with Crippen LogP contribution in [-0.2, 0) is 4.79 Å². The molecule has 5 heteroatoms. The number of hydrogen-bond acceptors (Lipinski definition) is 4. The number of nitrogens with one attached hydrogen (secondary N) is 1. The summed E-state index contributed by atoms with van der Waals surface area (Å²) in [5.74, 6) is 0.441. The Hall–Kier alpha value is -1.41. The summed E-state index contributed by atoms with van der Waals surface area (Å²) < 4.78 is 0. The summed E-state index contributed by atoms with van der Waals surface area (Å²) in [6.07, 6.45) is 10.6. The van der Waals surface area contributed by atoms with Crippen molar-refractivity contribution in [3.63, 3.8) is 0 Å². The molecule has 0 spiro atoms. The van der Waals surface area contributed by atoms with Crippen LogP contribution in [-0.4, -0.2) is 10.9 Å². The first-order valence-electron chi connectivity index (χ1n) is 7.42. The number of rotatable bonds is 3. The number of amides is 1. The summed E-state index contributed by atoms with van der Waals surface area (Å²) in [5, 5.41) is 12.7. The van der Waals surface area contributed by atoms with Crippen LogP contribution in [0.2, 0.25) is 0 Å². The third-order valence-corrected chi connectivity index (χ3v) is 5.68. The van der Waals surface area contributed by atoms with Crippen molar-refractivity contribution < 1.29 is 4.79 Å². The van der Waals surface area contributed by atoms with Gasteiger partial charge in [0.2, 0.25) is 5.91 Å². The molecular weight excluding hydrogens is 270 g/mol. The lowest BCUT2D eigenvalue weighted by molar-refractivity contribution is -0.126. The molecule has 1 amide bonds. The predicted molar refractivity (Wildman–Crippen MR) is 78.5 cm³/mol. The first-order chi connectivity index (χ1) is 9.73. The van der Waals surface area contributed by atoms with E-state index in [0.29, 0.717) is 23.9 Å². The summed E-state index contributed by atoms with van der Waals surface area (Å²) in [7, 11) is 0. The molecule has 0 saturated heterocycles. The zero-order valence-corrected chi connectivity index (χ0v) is 12.3. The van der Waals surface area contributed by atoms with Gasteiger partial charge in [0.25, 0.3) is 0 Å². The lowest BCUT2D eigenvalue weighted by atomic mass is 9.69.